The minimum absolute atomic E-state index is 0.00667. The van der Waals surface area contributed by atoms with E-state index in [-0.39, 0.29) is 22.7 Å². The Kier molecular flexibility index (Phi) is 3.33. The van der Waals surface area contributed by atoms with Crippen LogP contribution >= 0.6 is 0 Å². The number of nitrogens with zero attached hydrogens (tertiary/aromatic N) is 1. The highest BCUT2D eigenvalue weighted by Crippen LogP contribution is 2.21. The van der Waals surface area contributed by atoms with Crippen LogP contribution in [0.5, 0.6) is 0 Å². The van der Waals surface area contributed by atoms with Crippen molar-refractivity contribution in [3.8, 4) is 0 Å². The summed E-state index contributed by atoms with van der Waals surface area (Å²) in [6.45, 7) is 0. The van der Waals surface area contributed by atoms with Crippen molar-refractivity contribution in [3.05, 3.63) is 34.4 Å². The largest absolute Gasteiger partial charge is 0.326 e. The SMILES string of the molecule is NC1CCC1NS(=O)(=O)c1ccc([N+](=O)[O-])cc1. The van der Waals surface area contributed by atoms with Gasteiger partial charge in [0.05, 0.1) is 9.82 Å². The lowest BCUT2D eigenvalue weighted by atomic mass is 9.88. The maximum absolute atomic E-state index is 11.9. The van der Waals surface area contributed by atoms with Crippen molar-refractivity contribution < 1.29 is 13.3 Å². The standard InChI is InChI=1S/C10H13N3O4S/c11-9-5-6-10(9)12-18(16,17)8-3-1-7(2-4-8)13(14)15/h1-4,9-10,12H,5-6,11H2. The van der Waals surface area contributed by atoms with Crippen LogP contribution in [0.1, 0.15) is 12.8 Å². The minimum atomic E-state index is -3.65. The Morgan fingerprint density at radius 3 is 2.28 bits per heavy atom. The first-order chi connectivity index (χ1) is 8.40. The lowest BCUT2D eigenvalue weighted by Gasteiger charge is -2.33. The number of nitro benzene ring substituents is 1. The Hall–Kier alpha value is -1.51. The van der Waals surface area contributed by atoms with Gasteiger partial charge in [-0.25, -0.2) is 13.1 Å². The molecule has 2 unspecified atom stereocenters. The second-order valence-electron chi connectivity index (χ2n) is 4.22. The number of non-ortho nitro benzene ring substituents is 1. The van der Waals surface area contributed by atoms with Gasteiger partial charge in [-0.1, -0.05) is 0 Å². The topological polar surface area (TPSA) is 115 Å². The van der Waals surface area contributed by atoms with Crippen molar-refractivity contribution in [1.29, 1.82) is 0 Å². The summed E-state index contributed by atoms with van der Waals surface area (Å²) in [4.78, 5) is 9.89. The molecule has 0 amide bonds. The number of sulfonamides is 1. The molecule has 0 saturated heterocycles. The van der Waals surface area contributed by atoms with Crippen molar-refractivity contribution in [2.24, 2.45) is 5.73 Å². The average molecular weight is 271 g/mol. The van der Waals surface area contributed by atoms with Gasteiger partial charge >= 0.3 is 0 Å². The van der Waals surface area contributed by atoms with Crippen LogP contribution in [0.4, 0.5) is 5.69 Å². The van der Waals surface area contributed by atoms with E-state index in [0.717, 1.165) is 18.6 Å². The highest BCUT2D eigenvalue weighted by atomic mass is 32.2. The molecule has 0 radical (unpaired) electrons. The van der Waals surface area contributed by atoms with Crippen LogP contribution in [0.3, 0.4) is 0 Å². The zero-order valence-electron chi connectivity index (χ0n) is 9.44. The van der Waals surface area contributed by atoms with Crippen molar-refractivity contribution in [3.63, 3.8) is 0 Å². The summed E-state index contributed by atoms with van der Waals surface area (Å²) >= 11 is 0. The van der Waals surface area contributed by atoms with Gasteiger partial charge in [0.25, 0.3) is 5.69 Å². The molecule has 0 heterocycles. The number of nitrogens with one attached hydrogen (secondary N) is 1. The maximum atomic E-state index is 11.9. The summed E-state index contributed by atoms with van der Waals surface area (Å²) in [6, 6.07) is 4.35. The third kappa shape index (κ3) is 2.50. The van der Waals surface area contributed by atoms with Gasteiger partial charge in [-0.15, -0.1) is 0 Å². The van der Waals surface area contributed by atoms with E-state index in [1.165, 1.54) is 12.1 Å². The van der Waals surface area contributed by atoms with E-state index in [9.17, 15) is 18.5 Å². The lowest BCUT2D eigenvalue weighted by Crippen LogP contribution is -2.54. The summed E-state index contributed by atoms with van der Waals surface area (Å²) < 4.78 is 26.3. The van der Waals surface area contributed by atoms with Gasteiger partial charge in [0, 0.05) is 24.2 Å². The fraction of sp³-hybridized carbons (Fsp3) is 0.400. The fourth-order valence-corrected chi connectivity index (χ4v) is 3.01. The highest BCUT2D eigenvalue weighted by Gasteiger charge is 2.31. The molecule has 8 heteroatoms. The van der Waals surface area contributed by atoms with Crippen LogP contribution in [-0.4, -0.2) is 25.4 Å². The zero-order valence-corrected chi connectivity index (χ0v) is 10.3. The third-order valence-electron chi connectivity index (χ3n) is 2.99. The normalized spacial score (nSPS) is 23.4. The predicted molar refractivity (Wildman–Crippen MR) is 64.4 cm³/mol. The molecule has 3 N–H and O–H groups in total. The van der Waals surface area contributed by atoms with E-state index in [0.29, 0.717) is 6.42 Å². The number of nitrogens with two attached hydrogens (primary N) is 1. The summed E-state index contributed by atoms with van der Waals surface area (Å²) in [5, 5.41) is 10.5. The Morgan fingerprint density at radius 1 is 1.28 bits per heavy atom. The van der Waals surface area contributed by atoms with Gasteiger partial charge in [0.1, 0.15) is 0 Å². The molecule has 1 aliphatic carbocycles. The van der Waals surface area contributed by atoms with Crippen molar-refractivity contribution >= 4 is 15.7 Å². The second-order valence-corrected chi connectivity index (χ2v) is 5.93. The predicted octanol–water partition coefficient (Wildman–Crippen LogP) is 0.363. The molecule has 18 heavy (non-hydrogen) atoms. The lowest BCUT2D eigenvalue weighted by molar-refractivity contribution is -0.384. The van der Waals surface area contributed by atoms with Gasteiger partial charge in [-0.05, 0) is 25.0 Å². The van der Waals surface area contributed by atoms with Crippen LogP contribution < -0.4 is 10.5 Å². The van der Waals surface area contributed by atoms with Crippen LogP contribution in [-0.2, 0) is 10.0 Å². The van der Waals surface area contributed by atoms with E-state index < -0.39 is 14.9 Å². The number of hydrogen-bond acceptors (Lipinski definition) is 5. The summed E-state index contributed by atoms with van der Waals surface area (Å²) in [6.07, 6.45) is 1.51. The maximum Gasteiger partial charge on any atom is 0.269 e. The Morgan fingerprint density at radius 2 is 1.89 bits per heavy atom. The molecule has 1 aliphatic rings. The molecule has 0 aliphatic heterocycles. The van der Waals surface area contributed by atoms with Gasteiger partial charge in [-0.2, -0.15) is 0 Å². The molecule has 2 atom stereocenters. The van der Waals surface area contributed by atoms with Crippen LogP contribution in [0.2, 0.25) is 0 Å². The molecule has 1 aromatic carbocycles. The molecule has 98 valence electrons. The molecule has 1 saturated carbocycles. The Bertz CT molecular complexity index is 555. The van der Waals surface area contributed by atoms with E-state index in [2.05, 4.69) is 4.72 Å². The fourth-order valence-electron chi connectivity index (χ4n) is 1.69. The molecule has 1 fully saturated rings. The number of hydrogen-bond donors (Lipinski definition) is 2. The Labute approximate surface area is 104 Å². The van der Waals surface area contributed by atoms with Crippen LogP contribution in [0.15, 0.2) is 29.2 Å². The first-order valence-corrected chi connectivity index (χ1v) is 6.91. The first-order valence-electron chi connectivity index (χ1n) is 5.42. The second kappa shape index (κ2) is 4.63. The van der Waals surface area contributed by atoms with Crippen LogP contribution in [0.25, 0.3) is 0 Å². The molecule has 0 spiro atoms. The van der Waals surface area contributed by atoms with Gasteiger partial charge in [0.2, 0.25) is 10.0 Å². The quantitative estimate of drug-likeness (QED) is 0.606. The highest BCUT2D eigenvalue weighted by molar-refractivity contribution is 7.89. The van der Waals surface area contributed by atoms with Crippen molar-refractivity contribution in [2.75, 3.05) is 0 Å². The first kappa shape index (κ1) is 12.9. The van der Waals surface area contributed by atoms with E-state index in [1.54, 1.807) is 0 Å². The van der Waals surface area contributed by atoms with Gasteiger partial charge in [0.15, 0.2) is 0 Å². The minimum Gasteiger partial charge on any atom is -0.326 e. The van der Waals surface area contributed by atoms with Crippen molar-refractivity contribution in [2.45, 2.75) is 29.8 Å². The van der Waals surface area contributed by atoms with Crippen LogP contribution in [0, 0.1) is 10.1 Å². The van der Waals surface area contributed by atoms with E-state index in [1.807, 2.05) is 0 Å². The molecule has 0 aromatic heterocycles. The molecular weight excluding hydrogens is 258 g/mol. The summed E-state index contributed by atoms with van der Waals surface area (Å²) in [7, 11) is -3.65. The van der Waals surface area contributed by atoms with E-state index in [4.69, 9.17) is 5.73 Å². The molecule has 1 aromatic rings. The van der Waals surface area contributed by atoms with Crippen molar-refractivity contribution in [1.82, 2.24) is 4.72 Å². The number of rotatable bonds is 4. The summed E-state index contributed by atoms with van der Waals surface area (Å²) in [5.41, 5.74) is 5.51. The molecule has 7 nitrogen and oxygen atoms in total. The van der Waals surface area contributed by atoms with Gasteiger partial charge in [-0.3, -0.25) is 10.1 Å². The number of benzene rings is 1. The number of nitro groups is 1. The third-order valence-corrected chi connectivity index (χ3v) is 4.50. The molecule has 2 rings (SSSR count). The Balaban J connectivity index is 2.16. The zero-order chi connectivity index (χ0) is 13.3. The van der Waals surface area contributed by atoms with E-state index >= 15 is 0 Å². The molecular formula is C10H13N3O4S. The van der Waals surface area contributed by atoms with Gasteiger partial charge < -0.3 is 5.73 Å². The monoisotopic (exact) mass is 271 g/mol. The average Bonchev–Trinajstić information content (AvgIpc) is 2.34. The molecule has 0 bridgehead atoms. The summed E-state index contributed by atoms with van der Waals surface area (Å²) in [5.74, 6) is 0. The smallest absolute Gasteiger partial charge is 0.269 e.